The van der Waals surface area contributed by atoms with Gasteiger partial charge >= 0.3 is 0 Å². The second-order valence-corrected chi connectivity index (χ2v) is 6.28. The first-order valence-corrected chi connectivity index (χ1v) is 7.83. The van der Waals surface area contributed by atoms with Crippen molar-refractivity contribution in [3.63, 3.8) is 0 Å². The summed E-state index contributed by atoms with van der Waals surface area (Å²) in [6.07, 6.45) is 3.55. The van der Waals surface area contributed by atoms with E-state index in [1.165, 1.54) is 10.5 Å². The first-order chi connectivity index (χ1) is 10.5. The van der Waals surface area contributed by atoms with Crippen LogP contribution in [0, 0.1) is 6.92 Å². The average molecular weight is 376 g/mol. The number of aromatic nitrogens is 2. The Labute approximate surface area is 141 Å². The number of hydrogen-bond acceptors (Lipinski definition) is 2. The average Bonchev–Trinajstić information content (AvgIpc) is 2.48. The molecule has 5 heteroatoms. The summed E-state index contributed by atoms with van der Waals surface area (Å²) in [5.74, 6) is 0. The van der Waals surface area contributed by atoms with E-state index in [2.05, 4.69) is 20.9 Å². The van der Waals surface area contributed by atoms with Crippen LogP contribution in [0.25, 0.3) is 16.8 Å². The molecule has 3 aromatic rings. The standard InChI is InChI=1S/C17H12BrClN2O/c1-11-5-6-16-20-15(9-17(22)21(16)10-11)14(19)8-12-3-2-4-13(18)7-12/h2-10H,1H3/b14-8-. The molecule has 0 atom stereocenters. The number of benzene rings is 1. The monoisotopic (exact) mass is 374 g/mol. The molecular weight excluding hydrogens is 364 g/mol. The lowest BCUT2D eigenvalue weighted by Crippen LogP contribution is -2.15. The van der Waals surface area contributed by atoms with Gasteiger partial charge in [0.05, 0.1) is 10.7 Å². The number of pyridine rings is 1. The van der Waals surface area contributed by atoms with E-state index in [0.717, 1.165) is 15.6 Å². The normalized spacial score (nSPS) is 11.9. The molecule has 0 aliphatic rings. The number of halogens is 2. The minimum atomic E-state index is -0.149. The molecule has 0 unspecified atom stereocenters. The highest BCUT2D eigenvalue weighted by Crippen LogP contribution is 2.22. The van der Waals surface area contributed by atoms with Gasteiger partial charge in [0.1, 0.15) is 5.65 Å². The third-order valence-corrected chi connectivity index (χ3v) is 3.99. The van der Waals surface area contributed by atoms with Crippen molar-refractivity contribution in [2.75, 3.05) is 0 Å². The van der Waals surface area contributed by atoms with Crippen LogP contribution in [0.1, 0.15) is 16.8 Å². The van der Waals surface area contributed by atoms with Gasteiger partial charge < -0.3 is 0 Å². The number of aryl methyl sites for hydroxylation is 1. The number of nitrogens with zero attached hydrogens (tertiary/aromatic N) is 2. The maximum Gasteiger partial charge on any atom is 0.258 e. The second kappa shape index (κ2) is 6.07. The van der Waals surface area contributed by atoms with Gasteiger partial charge in [-0.25, -0.2) is 4.98 Å². The predicted octanol–water partition coefficient (Wildman–Crippen LogP) is 4.50. The summed E-state index contributed by atoms with van der Waals surface area (Å²) < 4.78 is 2.48. The Morgan fingerprint density at radius 3 is 2.86 bits per heavy atom. The molecular formula is C17H12BrClN2O. The molecule has 0 N–H and O–H groups in total. The molecule has 0 bridgehead atoms. The van der Waals surface area contributed by atoms with Gasteiger partial charge in [0, 0.05) is 16.7 Å². The molecule has 110 valence electrons. The number of fused-ring (bicyclic) bond motifs is 1. The SMILES string of the molecule is Cc1ccc2nc(/C(Cl)=C/c3cccc(Br)c3)cc(=O)n2c1. The molecule has 1 aromatic carbocycles. The highest BCUT2D eigenvalue weighted by atomic mass is 79.9. The zero-order chi connectivity index (χ0) is 15.7. The fraction of sp³-hybridized carbons (Fsp3) is 0.0588. The van der Waals surface area contributed by atoms with Crippen molar-refractivity contribution in [2.45, 2.75) is 6.92 Å². The number of rotatable bonds is 2. The van der Waals surface area contributed by atoms with Crippen LogP contribution in [-0.4, -0.2) is 9.38 Å². The Hall–Kier alpha value is -1.91. The van der Waals surface area contributed by atoms with Gasteiger partial charge in [-0.15, -0.1) is 0 Å². The molecule has 0 spiro atoms. The van der Waals surface area contributed by atoms with Crippen molar-refractivity contribution in [3.8, 4) is 0 Å². The molecule has 0 amide bonds. The summed E-state index contributed by atoms with van der Waals surface area (Å²) in [5, 5.41) is 0.429. The summed E-state index contributed by atoms with van der Waals surface area (Å²) in [5.41, 5.74) is 2.83. The van der Waals surface area contributed by atoms with Crippen molar-refractivity contribution < 1.29 is 0 Å². The Morgan fingerprint density at radius 1 is 1.27 bits per heavy atom. The van der Waals surface area contributed by atoms with E-state index in [1.54, 1.807) is 12.3 Å². The van der Waals surface area contributed by atoms with Crippen LogP contribution in [0.5, 0.6) is 0 Å². The summed E-state index contributed by atoms with van der Waals surface area (Å²) in [7, 11) is 0. The van der Waals surface area contributed by atoms with Crippen LogP contribution in [0.2, 0.25) is 0 Å². The first-order valence-electron chi connectivity index (χ1n) is 6.66. The first kappa shape index (κ1) is 15.0. The van der Waals surface area contributed by atoms with E-state index in [9.17, 15) is 4.79 Å². The second-order valence-electron chi connectivity index (χ2n) is 4.96. The third-order valence-electron chi connectivity index (χ3n) is 3.19. The lowest BCUT2D eigenvalue weighted by Gasteiger charge is -2.04. The summed E-state index contributed by atoms with van der Waals surface area (Å²) >= 11 is 9.75. The lowest BCUT2D eigenvalue weighted by atomic mass is 10.2. The smallest absolute Gasteiger partial charge is 0.258 e. The van der Waals surface area contributed by atoms with E-state index in [4.69, 9.17) is 11.6 Å². The van der Waals surface area contributed by atoms with E-state index < -0.39 is 0 Å². The van der Waals surface area contributed by atoms with Crippen molar-refractivity contribution in [1.29, 1.82) is 0 Å². The largest absolute Gasteiger partial charge is 0.269 e. The van der Waals surface area contributed by atoms with Gasteiger partial charge in [-0.2, -0.15) is 0 Å². The highest BCUT2D eigenvalue weighted by molar-refractivity contribution is 9.10. The van der Waals surface area contributed by atoms with E-state index >= 15 is 0 Å². The lowest BCUT2D eigenvalue weighted by molar-refractivity contribution is 1.02. The molecule has 2 aromatic heterocycles. The molecule has 22 heavy (non-hydrogen) atoms. The van der Waals surface area contributed by atoms with E-state index in [1.807, 2.05) is 43.3 Å². The maximum absolute atomic E-state index is 12.2. The van der Waals surface area contributed by atoms with Gasteiger partial charge in [0.2, 0.25) is 0 Å². The summed E-state index contributed by atoms with van der Waals surface area (Å²) in [6.45, 7) is 1.93. The van der Waals surface area contributed by atoms with Gasteiger partial charge in [-0.1, -0.05) is 45.7 Å². The Bertz CT molecular complexity index is 947. The Kier molecular flexibility index (Phi) is 4.14. The van der Waals surface area contributed by atoms with Crippen LogP contribution in [0.4, 0.5) is 0 Å². The molecule has 0 aliphatic heterocycles. The Morgan fingerprint density at radius 2 is 2.09 bits per heavy atom. The van der Waals surface area contributed by atoms with Crippen molar-refractivity contribution >= 4 is 44.3 Å². The summed E-state index contributed by atoms with van der Waals surface area (Å²) in [6, 6.07) is 12.9. The molecule has 3 rings (SSSR count). The molecule has 0 saturated carbocycles. The van der Waals surface area contributed by atoms with Crippen LogP contribution < -0.4 is 5.56 Å². The quantitative estimate of drug-likeness (QED) is 0.661. The fourth-order valence-corrected chi connectivity index (χ4v) is 2.79. The number of hydrogen-bond donors (Lipinski definition) is 0. The van der Waals surface area contributed by atoms with Crippen LogP contribution in [-0.2, 0) is 0 Å². The third kappa shape index (κ3) is 3.13. The molecule has 3 nitrogen and oxygen atoms in total. The highest BCUT2D eigenvalue weighted by Gasteiger charge is 2.06. The zero-order valence-electron chi connectivity index (χ0n) is 11.8. The molecule has 0 radical (unpaired) electrons. The molecule has 0 fully saturated rings. The fourth-order valence-electron chi connectivity index (χ4n) is 2.15. The minimum absolute atomic E-state index is 0.149. The molecule has 2 heterocycles. The minimum Gasteiger partial charge on any atom is -0.269 e. The van der Waals surface area contributed by atoms with Gasteiger partial charge in [-0.05, 0) is 42.3 Å². The topological polar surface area (TPSA) is 34.4 Å². The van der Waals surface area contributed by atoms with Gasteiger partial charge in [0.15, 0.2) is 0 Å². The van der Waals surface area contributed by atoms with Crippen molar-refractivity contribution in [2.24, 2.45) is 0 Å². The zero-order valence-corrected chi connectivity index (χ0v) is 14.1. The van der Waals surface area contributed by atoms with Crippen molar-refractivity contribution in [1.82, 2.24) is 9.38 Å². The van der Waals surface area contributed by atoms with E-state index in [0.29, 0.717) is 16.4 Å². The summed E-state index contributed by atoms with van der Waals surface area (Å²) in [4.78, 5) is 16.6. The van der Waals surface area contributed by atoms with Gasteiger partial charge in [-0.3, -0.25) is 9.20 Å². The van der Waals surface area contributed by atoms with Crippen LogP contribution in [0.15, 0.2) is 57.9 Å². The molecule has 0 aliphatic carbocycles. The predicted molar refractivity (Wildman–Crippen MR) is 94.1 cm³/mol. The molecule has 0 saturated heterocycles. The van der Waals surface area contributed by atoms with Gasteiger partial charge in [0.25, 0.3) is 5.56 Å². The van der Waals surface area contributed by atoms with Crippen LogP contribution >= 0.6 is 27.5 Å². The maximum atomic E-state index is 12.2. The van der Waals surface area contributed by atoms with Crippen molar-refractivity contribution in [3.05, 3.63) is 80.3 Å². The van der Waals surface area contributed by atoms with E-state index in [-0.39, 0.29) is 5.56 Å². The Balaban J connectivity index is 2.10. The van der Waals surface area contributed by atoms with Crippen LogP contribution in [0.3, 0.4) is 0 Å².